The molecule has 28 heavy (non-hydrogen) atoms. The largest absolute Gasteiger partial charge is 0.465 e. The summed E-state index contributed by atoms with van der Waals surface area (Å²) in [5.74, 6) is 2.29. The number of furan rings is 1. The van der Waals surface area contributed by atoms with Crippen LogP contribution in [-0.4, -0.2) is 48.4 Å². The Morgan fingerprint density at radius 1 is 1.25 bits per heavy atom. The molecular formula is C20H29N3O4S. The predicted octanol–water partition coefficient (Wildman–Crippen LogP) is 2.78. The molecule has 7 nitrogen and oxygen atoms in total. The molecule has 1 saturated carbocycles. The molecule has 8 heteroatoms. The second-order valence-corrected chi connectivity index (χ2v) is 10.1. The molecule has 3 heterocycles. The van der Waals surface area contributed by atoms with E-state index in [0.717, 1.165) is 49.5 Å². The standard InChI is InChI=1S/C20H29N3O4S/c1-15-5-8-19(27-15)12-22(2)11-17-10-21-20(28(24,25)14-16-6-7-16)23(17)13-18-4-3-9-26-18/h5,8,10,16,18H,3-4,6-7,9,11-14H2,1-2H3/t18-/m1/s1. The van der Waals surface area contributed by atoms with Crippen LogP contribution in [0.5, 0.6) is 0 Å². The van der Waals surface area contributed by atoms with Gasteiger partial charge in [-0.3, -0.25) is 4.90 Å². The van der Waals surface area contributed by atoms with E-state index in [9.17, 15) is 8.42 Å². The van der Waals surface area contributed by atoms with Gasteiger partial charge in [0.1, 0.15) is 11.5 Å². The van der Waals surface area contributed by atoms with Crippen LogP contribution in [0.2, 0.25) is 0 Å². The summed E-state index contributed by atoms with van der Waals surface area (Å²) in [6, 6.07) is 3.93. The van der Waals surface area contributed by atoms with Crippen molar-refractivity contribution in [1.29, 1.82) is 0 Å². The highest BCUT2D eigenvalue weighted by atomic mass is 32.2. The summed E-state index contributed by atoms with van der Waals surface area (Å²) in [5, 5.41) is 0.201. The fourth-order valence-corrected chi connectivity index (χ4v) is 5.64. The summed E-state index contributed by atoms with van der Waals surface area (Å²) in [4.78, 5) is 6.45. The van der Waals surface area contributed by atoms with Gasteiger partial charge in [0, 0.05) is 13.2 Å². The van der Waals surface area contributed by atoms with Crippen molar-refractivity contribution < 1.29 is 17.6 Å². The van der Waals surface area contributed by atoms with Gasteiger partial charge in [0.2, 0.25) is 15.0 Å². The number of sulfone groups is 1. The number of ether oxygens (including phenoxy) is 1. The first-order valence-corrected chi connectivity index (χ1v) is 11.7. The molecule has 0 amide bonds. The number of aromatic nitrogens is 2. The van der Waals surface area contributed by atoms with Crippen LogP contribution in [-0.2, 0) is 34.2 Å². The Labute approximate surface area is 166 Å². The van der Waals surface area contributed by atoms with Crippen LogP contribution >= 0.6 is 0 Å². The normalized spacial score (nSPS) is 20.3. The van der Waals surface area contributed by atoms with Crippen molar-refractivity contribution in [2.75, 3.05) is 19.4 Å². The van der Waals surface area contributed by atoms with E-state index in [0.29, 0.717) is 25.6 Å². The topological polar surface area (TPSA) is 77.6 Å². The number of hydrogen-bond donors (Lipinski definition) is 0. The van der Waals surface area contributed by atoms with Crippen molar-refractivity contribution in [3.05, 3.63) is 35.5 Å². The van der Waals surface area contributed by atoms with E-state index >= 15 is 0 Å². The first-order valence-electron chi connectivity index (χ1n) is 10.0. The monoisotopic (exact) mass is 407 g/mol. The highest BCUT2D eigenvalue weighted by molar-refractivity contribution is 7.91. The van der Waals surface area contributed by atoms with Gasteiger partial charge < -0.3 is 13.7 Å². The van der Waals surface area contributed by atoms with E-state index in [1.54, 1.807) is 6.20 Å². The molecule has 2 aromatic heterocycles. The molecule has 0 spiro atoms. The second kappa shape index (κ2) is 8.00. The smallest absolute Gasteiger partial charge is 0.227 e. The minimum Gasteiger partial charge on any atom is -0.465 e. The molecule has 2 aromatic rings. The van der Waals surface area contributed by atoms with Gasteiger partial charge in [-0.25, -0.2) is 13.4 Å². The Kier molecular flexibility index (Phi) is 5.62. The maximum absolute atomic E-state index is 12.9. The van der Waals surface area contributed by atoms with Gasteiger partial charge in [-0.1, -0.05) is 0 Å². The van der Waals surface area contributed by atoms with E-state index in [-0.39, 0.29) is 17.0 Å². The van der Waals surface area contributed by atoms with Gasteiger partial charge in [0.25, 0.3) is 0 Å². The van der Waals surface area contributed by atoms with Crippen LogP contribution in [0, 0.1) is 12.8 Å². The van der Waals surface area contributed by atoms with Crippen LogP contribution in [0.3, 0.4) is 0 Å². The Bertz CT molecular complexity index is 908. The summed E-state index contributed by atoms with van der Waals surface area (Å²) < 4.78 is 39.1. The molecule has 0 bridgehead atoms. The molecule has 2 fully saturated rings. The molecule has 0 aromatic carbocycles. The Morgan fingerprint density at radius 2 is 2.07 bits per heavy atom. The van der Waals surface area contributed by atoms with Crippen LogP contribution in [0.1, 0.15) is 42.9 Å². The lowest BCUT2D eigenvalue weighted by Gasteiger charge is -2.19. The van der Waals surface area contributed by atoms with Crippen molar-refractivity contribution in [3.8, 4) is 0 Å². The third-order valence-electron chi connectivity index (χ3n) is 5.40. The Balaban J connectivity index is 1.54. The molecule has 4 rings (SSSR count). The van der Waals surface area contributed by atoms with Gasteiger partial charge in [0.15, 0.2) is 0 Å². The van der Waals surface area contributed by atoms with E-state index in [4.69, 9.17) is 9.15 Å². The number of hydrogen-bond acceptors (Lipinski definition) is 6. The first-order chi connectivity index (χ1) is 13.4. The highest BCUT2D eigenvalue weighted by Crippen LogP contribution is 2.32. The zero-order valence-electron chi connectivity index (χ0n) is 16.6. The second-order valence-electron chi connectivity index (χ2n) is 8.19. The fourth-order valence-electron chi connectivity index (χ4n) is 3.79. The van der Waals surface area contributed by atoms with E-state index in [2.05, 4.69) is 9.88 Å². The lowest BCUT2D eigenvalue weighted by molar-refractivity contribution is 0.0933. The summed E-state index contributed by atoms with van der Waals surface area (Å²) in [5.41, 5.74) is 0.899. The van der Waals surface area contributed by atoms with Gasteiger partial charge in [-0.15, -0.1) is 0 Å². The van der Waals surface area contributed by atoms with Crippen molar-refractivity contribution in [1.82, 2.24) is 14.5 Å². The maximum atomic E-state index is 12.9. The maximum Gasteiger partial charge on any atom is 0.227 e. The Hall–Kier alpha value is -1.64. The minimum absolute atomic E-state index is 0.0563. The van der Waals surface area contributed by atoms with Gasteiger partial charge >= 0.3 is 0 Å². The summed E-state index contributed by atoms with van der Waals surface area (Å²) in [7, 11) is -1.38. The molecular weight excluding hydrogens is 378 g/mol. The van der Waals surface area contributed by atoms with Gasteiger partial charge in [-0.05, 0) is 57.7 Å². The average Bonchev–Trinajstić information content (AvgIpc) is 3.01. The first kappa shape index (κ1) is 19.7. The summed E-state index contributed by atoms with van der Waals surface area (Å²) in [6.45, 7) is 4.47. The van der Waals surface area contributed by atoms with Gasteiger partial charge in [-0.2, -0.15) is 0 Å². The minimum atomic E-state index is -3.38. The molecule has 154 valence electrons. The molecule has 0 radical (unpaired) electrons. The summed E-state index contributed by atoms with van der Waals surface area (Å²) in [6.07, 6.45) is 5.75. The van der Waals surface area contributed by atoms with Crippen LogP contribution < -0.4 is 0 Å². The van der Waals surface area contributed by atoms with Gasteiger partial charge in [0.05, 0.1) is 36.8 Å². The van der Waals surface area contributed by atoms with E-state index < -0.39 is 9.84 Å². The quantitative estimate of drug-likeness (QED) is 0.636. The predicted molar refractivity (Wildman–Crippen MR) is 105 cm³/mol. The molecule has 1 aliphatic carbocycles. The van der Waals surface area contributed by atoms with Crippen molar-refractivity contribution in [3.63, 3.8) is 0 Å². The zero-order valence-corrected chi connectivity index (χ0v) is 17.5. The number of imidazole rings is 1. The fraction of sp³-hybridized carbons (Fsp3) is 0.650. The SMILES string of the molecule is Cc1ccc(CN(C)Cc2cnc(S(=O)(=O)CC3CC3)n2C[C@H]2CCCO2)o1. The molecule has 1 atom stereocenters. The van der Waals surface area contributed by atoms with Crippen molar-refractivity contribution in [2.45, 2.75) is 63.5 Å². The van der Waals surface area contributed by atoms with E-state index in [1.165, 1.54) is 0 Å². The zero-order chi connectivity index (χ0) is 19.7. The highest BCUT2D eigenvalue weighted by Gasteiger charge is 2.33. The third kappa shape index (κ3) is 4.67. The molecule has 0 N–H and O–H groups in total. The lowest BCUT2D eigenvalue weighted by atomic mass is 10.2. The van der Waals surface area contributed by atoms with Crippen LogP contribution in [0.15, 0.2) is 27.9 Å². The van der Waals surface area contributed by atoms with Crippen molar-refractivity contribution >= 4 is 9.84 Å². The van der Waals surface area contributed by atoms with Crippen molar-refractivity contribution in [2.24, 2.45) is 5.92 Å². The van der Waals surface area contributed by atoms with Crippen LogP contribution in [0.4, 0.5) is 0 Å². The van der Waals surface area contributed by atoms with Crippen LogP contribution in [0.25, 0.3) is 0 Å². The molecule has 0 unspecified atom stereocenters. The Morgan fingerprint density at radius 3 is 2.71 bits per heavy atom. The number of nitrogens with zero attached hydrogens (tertiary/aromatic N) is 3. The molecule has 2 aliphatic rings. The summed E-state index contributed by atoms with van der Waals surface area (Å²) >= 11 is 0. The molecule has 1 aliphatic heterocycles. The number of aryl methyl sites for hydroxylation is 1. The third-order valence-corrected chi connectivity index (χ3v) is 7.19. The number of rotatable bonds is 9. The average molecular weight is 408 g/mol. The van der Waals surface area contributed by atoms with E-state index in [1.807, 2.05) is 30.7 Å². The molecule has 1 saturated heterocycles. The lowest BCUT2D eigenvalue weighted by Crippen LogP contribution is -2.25.